The monoisotopic (exact) mass is 317 g/mol. The highest BCUT2D eigenvalue weighted by Gasteiger charge is 2.18. The highest BCUT2D eigenvalue weighted by atomic mass is 79.9. The summed E-state index contributed by atoms with van der Waals surface area (Å²) in [6.07, 6.45) is 6.61. The van der Waals surface area contributed by atoms with Crippen molar-refractivity contribution < 1.29 is 4.74 Å². The summed E-state index contributed by atoms with van der Waals surface area (Å²) in [6, 6.07) is 2.58. The highest BCUT2D eigenvalue weighted by Crippen LogP contribution is 2.32. The summed E-state index contributed by atoms with van der Waals surface area (Å²) in [5.41, 5.74) is 0. The molecule has 0 bridgehead atoms. The number of hydrogen-bond acceptors (Lipinski definition) is 3. The summed E-state index contributed by atoms with van der Waals surface area (Å²) in [6.45, 7) is 0.956. The van der Waals surface area contributed by atoms with E-state index in [1.807, 2.05) is 18.4 Å². The van der Waals surface area contributed by atoms with Gasteiger partial charge in [0, 0.05) is 22.0 Å². The third-order valence-electron chi connectivity index (χ3n) is 3.36. The van der Waals surface area contributed by atoms with E-state index in [1.165, 1.54) is 28.6 Å². The maximum absolute atomic E-state index is 5.78. The predicted octanol–water partition coefficient (Wildman–Crippen LogP) is 4.12. The van der Waals surface area contributed by atoms with Crippen LogP contribution < -0.4 is 5.32 Å². The molecule has 96 valence electrons. The zero-order chi connectivity index (χ0) is 12.1. The molecule has 17 heavy (non-hydrogen) atoms. The summed E-state index contributed by atoms with van der Waals surface area (Å²) in [5, 5.41) is 5.55. The van der Waals surface area contributed by atoms with Gasteiger partial charge in [0.1, 0.15) is 0 Å². The van der Waals surface area contributed by atoms with Gasteiger partial charge in [-0.25, -0.2) is 0 Å². The molecule has 0 aromatic carbocycles. The van der Waals surface area contributed by atoms with Crippen LogP contribution in [0.4, 0.5) is 0 Å². The van der Waals surface area contributed by atoms with Gasteiger partial charge in [-0.2, -0.15) is 0 Å². The Hall–Kier alpha value is 0.100. The van der Waals surface area contributed by atoms with Crippen LogP contribution >= 0.6 is 27.3 Å². The van der Waals surface area contributed by atoms with Crippen molar-refractivity contribution >= 4 is 27.3 Å². The van der Waals surface area contributed by atoms with Crippen molar-refractivity contribution in [3.63, 3.8) is 0 Å². The summed E-state index contributed by atoms with van der Waals surface area (Å²) in [7, 11) is 2.04. The minimum Gasteiger partial charge on any atom is -0.378 e. The smallest absolute Gasteiger partial charge is 0.0575 e. The molecule has 2 heterocycles. The number of nitrogens with one attached hydrogen (secondary N) is 1. The van der Waals surface area contributed by atoms with Gasteiger partial charge in [-0.3, -0.25) is 0 Å². The van der Waals surface area contributed by atoms with E-state index in [0.717, 1.165) is 19.4 Å². The Balaban J connectivity index is 1.85. The van der Waals surface area contributed by atoms with E-state index in [1.54, 1.807) is 0 Å². The topological polar surface area (TPSA) is 21.3 Å². The first-order chi connectivity index (χ1) is 8.31. The van der Waals surface area contributed by atoms with Crippen LogP contribution in [0.5, 0.6) is 0 Å². The fraction of sp³-hybridized carbons (Fsp3) is 0.692. The number of halogens is 1. The largest absolute Gasteiger partial charge is 0.378 e. The van der Waals surface area contributed by atoms with Gasteiger partial charge >= 0.3 is 0 Å². The first-order valence-corrected chi connectivity index (χ1v) is 8.00. The third kappa shape index (κ3) is 3.78. The molecule has 2 atom stereocenters. The predicted molar refractivity (Wildman–Crippen MR) is 76.6 cm³/mol. The Bertz CT molecular complexity index is 336. The minimum absolute atomic E-state index is 0.454. The maximum Gasteiger partial charge on any atom is 0.0575 e. The van der Waals surface area contributed by atoms with Gasteiger partial charge in [-0.05, 0) is 66.5 Å². The Morgan fingerprint density at radius 1 is 1.59 bits per heavy atom. The van der Waals surface area contributed by atoms with E-state index in [-0.39, 0.29) is 0 Å². The fourth-order valence-corrected chi connectivity index (χ4v) is 4.14. The summed E-state index contributed by atoms with van der Waals surface area (Å²) in [4.78, 5) is 1.41. The second-order valence-electron chi connectivity index (χ2n) is 4.54. The Labute approximate surface area is 116 Å². The Morgan fingerprint density at radius 2 is 2.47 bits per heavy atom. The molecule has 2 rings (SSSR count). The molecular formula is C13H20BrNOS. The molecule has 1 aliphatic rings. The molecule has 1 N–H and O–H groups in total. The van der Waals surface area contributed by atoms with Crippen LogP contribution in [0.3, 0.4) is 0 Å². The SMILES string of the molecule is CNC(CCC1CCCCO1)c1sccc1Br. The van der Waals surface area contributed by atoms with E-state index in [0.29, 0.717) is 12.1 Å². The summed E-state index contributed by atoms with van der Waals surface area (Å²) in [5.74, 6) is 0. The zero-order valence-corrected chi connectivity index (χ0v) is 12.6. The van der Waals surface area contributed by atoms with Crippen LogP contribution in [0.15, 0.2) is 15.9 Å². The number of hydrogen-bond donors (Lipinski definition) is 1. The fourth-order valence-electron chi connectivity index (χ4n) is 2.35. The van der Waals surface area contributed by atoms with E-state index in [9.17, 15) is 0 Å². The van der Waals surface area contributed by atoms with Crippen LogP contribution in [0.25, 0.3) is 0 Å². The van der Waals surface area contributed by atoms with Crippen LogP contribution in [0.1, 0.15) is 43.0 Å². The first kappa shape index (κ1) is 13.5. The Morgan fingerprint density at radius 3 is 3.06 bits per heavy atom. The molecule has 0 radical (unpaired) electrons. The van der Waals surface area contributed by atoms with Gasteiger partial charge in [-0.1, -0.05) is 0 Å². The van der Waals surface area contributed by atoms with Gasteiger partial charge in [0.25, 0.3) is 0 Å². The van der Waals surface area contributed by atoms with E-state index in [2.05, 4.69) is 32.7 Å². The van der Waals surface area contributed by atoms with Crippen LogP contribution in [0.2, 0.25) is 0 Å². The van der Waals surface area contributed by atoms with Gasteiger partial charge < -0.3 is 10.1 Å². The van der Waals surface area contributed by atoms with Crippen molar-refractivity contribution in [2.45, 2.75) is 44.2 Å². The molecule has 0 amide bonds. The molecule has 4 heteroatoms. The standard InChI is InChI=1S/C13H20BrNOS/c1-15-12(13-11(14)7-9-17-13)6-5-10-4-2-3-8-16-10/h7,9-10,12,15H,2-6,8H2,1H3. The molecule has 1 aliphatic heterocycles. The lowest BCUT2D eigenvalue weighted by atomic mass is 10.0. The van der Waals surface area contributed by atoms with Crippen molar-refractivity contribution in [1.29, 1.82) is 0 Å². The number of thiophene rings is 1. The second-order valence-corrected chi connectivity index (χ2v) is 6.34. The second kappa shape index (κ2) is 6.88. The van der Waals surface area contributed by atoms with Crippen LogP contribution in [-0.4, -0.2) is 19.8 Å². The van der Waals surface area contributed by atoms with Gasteiger partial charge in [-0.15, -0.1) is 11.3 Å². The molecule has 2 nitrogen and oxygen atoms in total. The van der Waals surface area contributed by atoms with Gasteiger partial charge in [0.05, 0.1) is 6.10 Å². The van der Waals surface area contributed by atoms with Crippen molar-refractivity contribution in [3.05, 3.63) is 20.8 Å². The molecule has 1 aromatic heterocycles. The van der Waals surface area contributed by atoms with Crippen molar-refractivity contribution in [2.75, 3.05) is 13.7 Å². The third-order valence-corrected chi connectivity index (χ3v) is 5.35. The average Bonchev–Trinajstić information content (AvgIpc) is 2.78. The Kier molecular flexibility index (Phi) is 5.48. The van der Waals surface area contributed by atoms with E-state index < -0.39 is 0 Å². The van der Waals surface area contributed by atoms with E-state index in [4.69, 9.17) is 4.74 Å². The lowest BCUT2D eigenvalue weighted by molar-refractivity contribution is 0.00870. The van der Waals surface area contributed by atoms with Crippen LogP contribution in [-0.2, 0) is 4.74 Å². The molecule has 1 fully saturated rings. The highest BCUT2D eigenvalue weighted by molar-refractivity contribution is 9.10. The average molecular weight is 318 g/mol. The molecule has 2 unspecified atom stereocenters. The lowest BCUT2D eigenvalue weighted by Gasteiger charge is -2.24. The molecular weight excluding hydrogens is 298 g/mol. The quantitative estimate of drug-likeness (QED) is 0.882. The summed E-state index contributed by atoms with van der Waals surface area (Å²) >= 11 is 5.43. The maximum atomic E-state index is 5.78. The van der Waals surface area contributed by atoms with E-state index >= 15 is 0 Å². The van der Waals surface area contributed by atoms with Crippen molar-refractivity contribution in [2.24, 2.45) is 0 Å². The molecule has 1 aromatic rings. The van der Waals surface area contributed by atoms with Crippen molar-refractivity contribution in [3.8, 4) is 0 Å². The minimum atomic E-state index is 0.454. The first-order valence-electron chi connectivity index (χ1n) is 6.33. The molecule has 0 saturated carbocycles. The van der Waals surface area contributed by atoms with Gasteiger partial charge in [0.2, 0.25) is 0 Å². The molecule has 0 aliphatic carbocycles. The molecule has 0 spiro atoms. The van der Waals surface area contributed by atoms with Crippen LogP contribution in [0, 0.1) is 0 Å². The number of rotatable bonds is 5. The zero-order valence-electron chi connectivity index (χ0n) is 10.2. The van der Waals surface area contributed by atoms with Crippen molar-refractivity contribution in [1.82, 2.24) is 5.32 Å². The molecule has 1 saturated heterocycles. The number of ether oxygens (including phenoxy) is 1. The van der Waals surface area contributed by atoms with Gasteiger partial charge in [0.15, 0.2) is 0 Å². The normalized spacial score (nSPS) is 22.6. The lowest BCUT2D eigenvalue weighted by Crippen LogP contribution is -2.22. The summed E-state index contributed by atoms with van der Waals surface area (Å²) < 4.78 is 7.01.